The molecule has 4 aliphatic carbocycles. The maximum absolute atomic E-state index is 14.3. The molecule has 1 aromatic carbocycles. The van der Waals surface area contributed by atoms with Crippen molar-refractivity contribution in [3.63, 3.8) is 0 Å². The number of ether oxygens (including phenoxy) is 2. The monoisotopic (exact) mass is 701 g/mol. The summed E-state index contributed by atoms with van der Waals surface area (Å²) in [6.07, 6.45) is 8.13. The van der Waals surface area contributed by atoms with Gasteiger partial charge in [0.05, 0.1) is 24.9 Å². The van der Waals surface area contributed by atoms with Gasteiger partial charge in [0.1, 0.15) is 18.4 Å². The van der Waals surface area contributed by atoms with Crippen LogP contribution < -0.4 is 0 Å². The average molecular weight is 702 g/mol. The molecule has 0 bridgehead atoms. The van der Waals surface area contributed by atoms with Crippen molar-refractivity contribution in [2.24, 2.45) is 39.9 Å². The number of carbonyl (C=O) groups is 2. The highest BCUT2D eigenvalue weighted by molar-refractivity contribution is 5.90. The lowest BCUT2D eigenvalue weighted by Gasteiger charge is -2.69. The number of esters is 2. The van der Waals surface area contributed by atoms with Crippen LogP contribution in [0.4, 0.5) is 0 Å². The smallest absolute Gasteiger partial charge is 0.334 e. The summed E-state index contributed by atoms with van der Waals surface area (Å²) in [5.74, 6) is -0.432. The number of aromatic nitrogens is 3. The van der Waals surface area contributed by atoms with E-state index in [0.29, 0.717) is 49.4 Å². The van der Waals surface area contributed by atoms with Crippen LogP contribution in [0.2, 0.25) is 0 Å². The number of hydrogen-bond acceptors (Lipinski definition) is 8. The van der Waals surface area contributed by atoms with Gasteiger partial charge in [-0.2, -0.15) is 0 Å². The normalized spacial score (nSPS) is 36.7. The van der Waals surface area contributed by atoms with Gasteiger partial charge in [-0.3, -0.25) is 4.79 Å². The van der Waals surface area contributed by atoms with Gasteiger partial charge in [0.2, 0.25) is 0 Å². The Morgan fingerprint density at radius 3 is 2.43 bits per heavy atom. The molecule has 4 fully saturated rings. The first-order valence-corrected chi connectivity index (χ1v) is 19.1. The van der Waals surface area contributed by atoms with Crippen LogP contribution in [0.25, 0.3) is 0 Å². The number of nitrogens with zero attached hydrogens (tertiary/aromatic N) is 3. The molecule has 2 N–H and O–H groups in total. The van der Waals surface area contributed by atoms with Crippen LogP contribution in [0, 0.1) is 46.8 Å². The van der Waals surface area contributed by atoms with Crippen LogP contribution in [-0.4, -0.2) is 55.5 Å². The van der Waals surface area contributed by atoms with Gasteiger partial charge in [0, 0.05) is 12.5 Å². The average Bonchev–Trinajstić information content (AvgIpc) is 3.62. The summed E-state index contributed by atoms with van der Waals surface area (Å²) >= 11 is 0. The van der Waals surface area contributed by atoms with E-state index in [-0.39, 0.29) is 52.7 Å². The Morgan fingerprint density at radius 1 is 1.02 bits per heavy atom. The van der Waals surface area contributed by atoms with Crippen LogP contribution in [0.15, 0.2) is 53.3 Å². The number of fused-ring (bicyclic) bond motifs is 5. The largest absolute Gasteiger partial charge is 0.458 e. The summed E-state index contributed by atoms with van der Waals surface area (Å²) in [4.78, 5) is 27.0. The van der Waals surface area contributed by atoms with Gasteiger partial charge >= 0.3 is 11.9 Å². The van der Waals surface area contributed by atoms with Crippen molar-refractivity contribution in [3.8, 4) is 0 Å². The van der Waals surface area contributed by atoms with Crippen LogP contribution in [0.1, 0.15) is 117 Å². The van der Waals surface area contributed by atoms with E-state index in [9.17, 15) is 19.8 Å². The Kier molecular flexibility index (Phi) is 10.5. The molecule has 1 aromatic heterocycles. The van der Waals surface area contributed by atoms with Crippen molar-refractivity contribution in [1.29, 1.82) is 0 Å². The van der Waals surface area contributed by atoms with E-state index in [0.717, 1.165) is 42.4 Å². The predicted octanol–water partition coefficient (Wildman–Crippen LogP) is 7.27. The fourth-order valence-electron chi connectivity index (χ4n) is 11.4. The third kappa shape index (κ3) is 6.85. The first-order chi connectivity index (χ1) is 24.1. The van der Waals surface area contributed by atoms with Crippen molar-refractivity contribution >= 4 is 11.9 Å². The molecule has 0 radical (unpaired) electrons. The van der Waals surface area contributed by atoms with Crippen LogP contribution in [0.3, 0.4) is 0 Å². The number of aryl methyl sites for hydroxylation is 1. The Hall–Kier alpha value is -3.30. The molecule has 6 rings (SSSR count). The lowest BCUT2D eigenvalue weighted by atomic mass is 9.36. The van der Waals surface area contributed by atoms with Gasteiger partial charge in [-0.15, -0.1) is 5.10 Å². The molecule has 0 aliphatic heterocycles. The number of carbonyl (C=O) groups excluding carboxylic acids is 2. The van der Waals surface area contributed by atoms with Gasteiger partial charge in [-0.25, -0.2) is 9.48 Å². The fraction of sp³-hybridized carbons (Fsp3) is 0.667. The lowest BCUT2D eigenvalue weighted by Crippen LogP contribution is -2.65. The van der Waals surface area contributed by atoms with Crippen molar-refractivity contribution in [1.82, 2.24) is 15.0 Å². The molecule has 2 aromatic rings. The number of allylic oxidation sites excluding steroid dienone is 2. The molecule has 1 heterocycles. The summed E-state index contributed by atoms with van der Waals surface area (Å²) in [5, 5.41) is 31.7. The van der Waals surface area contributed by atoms with E-state index in [1.54, 1.807) is 10.9 Å². The predicted molar refractivity (Wildman–Crippen MR) is 195 cm³/mol. The van der Waals surface area contributed by atoms with Crippen molar-refractivity contribution in [3.05, 3.63) is 70.1 Å². The molecule has 10 atom stereocenters. The Morgan fingerprint density at radius 2 is 1.75 bits per heavy atom. The number of rotatable bonds is 9. The van der Waals surface area contributed by atoms with E-state index in [1.807, 2.05) is 13.8 Å². The molecule has 4 saturated carbocycles. The maximum Gasteiger partial charge on any atom is 0.334 e. The number of aliphatic hydroxyl groups is 2. The zero-order chi connectivity index (χ0) is 36.9. The molecule has 0 saturated heterocycles. The van der Waals surface area contributed by atoms with Crippen molar-refractivity contribution < 1.29 is 29.3 Å². The van der Waals surface area contributed by atoms with Crippen molar-refractivity contribution in [2.45, 2.75) is 138 Å². The first kappa shape index (κ1) is 37.5. The lowest BCUT2D eigenvalue weighted by molar-refractivity contribution is -0.234. The maximum atomic E-state index is 14.3. The zero-order valence-corrected chi connectivity index (χ0v) is 31.9. The second-order valence-electron chi connectivity index (χ2n) is 17.3. The van der Waals surface area contributed by atoms with E-state index >= 15 is 0 Å². The quantitative estimate of drug-likeness (QED) is 0.159. The van der Waals surface area contributed by atoms with Gasteiger partial charge in [0.25, 0.3) is 0 Å². The highest BCUT2D eigenvalue weighted by Gasteiger charge is 2.70. The second-order valence-corrected chi connectivity index (χ2v) is 17.3. The SMILES string of the molecule is CC(=O)O[C@H]1C[C@@]2(C)[C@@H](C[C@@H](O)[C@H]3[C@@]4(C)CC[C@@H](O)[C@@H](C)[C@@H]4CC[C@@]32C)/C1=C(\CCC=C(C)C)C(=O)OCc1cn(Cc2ccc(C)cc2)nn1. The van der Waals surface area contributed by atoms with Crippen LogP contribution in [0.5, 0.6) is 0 Å². The fourth-order valence-corrected chi connectivity index (χ4v) is 11.4. The third-order valence-electron chi connectivity index (χ3n) is 14.0. The summed E-state index contributed by atoms with van der Waals surface area (Å²) < 4.78 is 13.9. The molecular formula is C42H59N3O6. The highest BCUT2D eigenvalue weighted by Crippen LogP contribution is 2.74. The Balaban J connectivity index is 1.33. The molecule has 278 valence electrons. The molecule has 4 aliphatic rings. The summed E-state index contributed by atoms with van der Waals surface area (Å²) in [6.45, 7) is 17.3. The molecule has 9 heteroatoms. The van der Waals surface area contributed by atoms with Crippen LogP contribution in [-0.2, 0) is 32.2 Å². The Labute approximate surface area is 303 Å². The van der Waals surface area contributed by atoms with E-state index in [4.69, 9.17) is 9.47 Å². The van der Waals surface area contributed by atoms with Gasteiger partial charge in [-0.1, -0.05) is 74.4 Å². The van der Waals surface area contributed by atoms with Gasteiger partial charge in [-0.05, 0) is 123 Å². The van der Waals surface area contributed by atoms with Gasteiger partial charge in [0.15, 0.2) is 0 Å². The van der Waals surface area contributed by atoms with Gasteiger partial charge < -0.3 is 19.7 Å². The molecular weight excluding hydrogens is 642 g/mol. The summed E-state index contributed by atoms with van der Waals surface area (Å²) in [7, 11) is 0. The van der Waals surface area contributed by atoms with E-state index in [2.05, 4.69) is 75.3 Å². The Bertz CT molecular complexity index is 1670. The molecule has 9 nitrogen and oxygen atoms in total. The topological polar surface area (TPSA) is 124 Å². The van der Waals surface area contributed by atoms with Crippen LogP contribution >= 0.6 is 0 Å². The first-order valence-electron chi connectivity index (χ1n) is 19.1. The number of hydrogen-bond donors (Lipinski definition) is 2. The minimum absolute atomic E-state index is 0.0286. The number of benzene rings is 1. The van der Waals surface area contributed by atoms with E-state index < -0.39 is 18.2 Å². The second kappa shape index (κ2) is 14.3. The minimum Gasteiger partial charge on any atom is -0.458 e. The number of aliphatic hydroxyl groups excluding tert-OH is 2. The third-order valence-corrected chi connectivity index (χ3v) is 14.0. The van der Waals surface area contributed by atoms with Crippen molar-refractivity contribution in [2.75, 3.05) is 0 Å². The highest BCUT2D eigenvalue weighted by atomic mass is 16.5. The summed E-state index contributed by atoms with van der Waals surface area (Å²) in [6, 6.07) is 8.26. The minimum atomic E-state index is -0.590. The molecule has 0 amide bonds. The molecule has 0 spiro atoms. The van der Waals surface area contributed by atoms with E-state index in [1.165, 1.54) is 12.5 Å². The zero-order valence-electron chi connectivity index (χ0n) is 31.9. The summed E-state index contributed by atoms with van der Waals surface area (Å²) in [5.41, 5.74) is 4.65. The standard InChI is InChI=1S/C42H59N3O6/c1-25(2)10-9-11-31(39(49)50-24-30-23-45(44-43-30)22-29-14-12-26(3)13-15-29)37-33-20-35(48)38-40(6)18-17-34(47)27(4)32(40)16-19-41(38,7)42(33,8)21-36(37)51-28(5)46/h10,12-15,23,27,32-36,38,47-48H,9,11,16-22,24H2,1-8H3/b37-31-/t27-,32-,33-,34+,35+,36-,38-,40-,41-,42-/m0/s1. The molecule has 51 heavy (non-hydrogen) atoms. The molecule has 0 unspecified atom stereocenters.